The SMILES string of the molecule is Cc1ccc2cnc(CC3CCSC3)n2c1. The molecule has 0 bridgehead atoms. The number of thioether (sulfide) groups is 1. The van der Waals surface area contributed by atoms with Gasteiger partial charge in [0.15, 0.2) is 0 Å². The zero-order chi connectivity index (χ0) is 11.0. The predicted molar refractivity (Wildman–Crippen MR) is 69.1 cm³/mol. The van der Waals surface area contributed by atoms with Gasteiger partial charge in [-0.15, -0.1) is 0 Å². The van der Waals surface area contributed by atoms with Gasteiger partial charge < -0.3 is 4.40 Å². The molecule has 1 aliphatic rings. The van der Waals surface area contributed by atoms with Crippen molar-refractivity contribution in [1.82, 2.24) is 9.38 Å². The first-order chi connectivity index (χ1) is 7.83. The summed E-state index contributed by atoms with van der Waals surface area (Å²) in [5.41, 5.74) is 2.51. The van der Waals surface area contributed by atoms with Gasteiger partial charge in [0.2, 0.25) is 0 Å². The Kier molecular flexibility index (Phi) is 2.64. The van der Waals surface area contributed by atoms with Gasteiger partial charge in [0.05, 0.1) is 11.7 Å². The fourth-order valence-corrected chi connectivity index (χ4v) is 3.59. The molecule has 1 unspecified atom stereocenters. The number of aryl methyl sites for hydroxylation is 1. The van der Waals surface area contributed by atoms with Crippen LogP contribution in [0.4, 0.5) is 0 Å². The molecule has 3 heterocycles. The fraction of sp³-hybridized carbons (Fsp3) is 0.462. The van der Waals surface area contributed by atoms with Gasteiger partial charge in [0, 0.05) is 12.6 Å². The minimum absolute atomic E-state index is 0.830. The van der Waals surface area contributed by atoms with Gasteiger partial charge in [-0.2, -0.15) is 11.8 Å². The molecule has 0 spiro atoms. The Morgan fingerprint density at radius 2 is 2.44 bits per heavy atom. The number of nitrogens with zero attached hydrogens (tertiary/aromatic N) is 2. The first-order valence-electron chi connectivity index (χ1n) is 5.83. The second-order valence-corrected chi connectivity index (χ2v) is 5.76. The minimum Gasteiger partial charge on any atom is -0.303 e. The van der Waals surface area contributed by atoms with Crippen molar-refractivity contribution in [2.24, 2.45) is 5.92 Å². The average molecular weight is 232 g/mol. The molecule has 2 nitrogen and oxygen atoms in total. The van der Waals surface area contributed by atoms with Crippen LogP contribution in [-0.2, 0) is 6.42 Å². The van der Waals surface area contributed by atoms with Crippen LogP contribution >= 0.6 is 11.8 Å². The Morgan fingerprint density at radius 1 is 1.50 bits per heavy atom. The molecule has 0 aliphatic carbocycles. The molecule has 2 aromatic heterocycles. The third-order valence-corrected chi connectivity index (χ3v) is 4.48. The van der Waals surface area contributed by atoms with Gasteiger partial charge in [-0.05, 0) is 42.4 Å². The molecule has 1 atom stereocenters. The van der Waals surface area contributed by atoms with Crippen LogP contribution in [0.5, 0.6) is 0 Å². The van der Waals surface area contributed by atoms with Crippen molar-refractivity contribution >= 4 is 17.3 Å². The lowest BCUT2D eigenvalue weighted by molar-refractivity contribution is 0.574. The number of rotatable bonds is 2. The molecule has 0 radical (unpaired) electrons. The Labute approximate surface area is 100 Å². The number of pyridine rings is 1. The molecule has 0 amide bonds. The summed E-state index contributed by atoms with van der Waals surface area (Å²) in [6.07, 6.45) is 6.66. The Bertz CT molecular complexity index is 498. The molecule has 84 valence electrons. The molecule has 16 heavy (non-hydrogen) atoms. The van der Waals surface area contributed by atoms with E-state index in [9.17, 15) is 0 Å². The lowest BCUT2D eigenvalue weighted by atomic mass is 10.1. The van der Waals surface area contributed by atoms with Gasteiger partial charge in [-0.3, -0.25) is 0 Å². The number of aromatic nitrogens is 2. The molecule has 1 aliphatic heterocycles. The highest BCUT2D eigenvalue weighted by Crippen LogP contribution is 2.26. The van der Waals surface area contributed by atoms with Crippen molar-refractivity contribution < 1.29 is 0 Å². The summed E-state index contributed by atoms with van der Waals surface area (Å²) in [7, 11) is 0. The summed E-state index contributed by atoms with van der Waals surface area (Å²) < 4.78 is 2.25. The zero-order valence-corrected chi connectivity index (χ0v) is 10.3. The highest BCUT2D eigenvalue weighted by molar-refractivity contribution is 7.99. The largest absolute Gasteiger partial charge is 0.303 e. The third-order valence-electron chi connectivity index (χ3n) is 3.25. The maximum Gasteiger partial charge on any atom is 0.113 e. The van der Waals surface area contributed by atoms with Crippen LogP contribution < -0.4 is 0 Å². The molecule has 0 aromatic carbocycles. The lowest BCUT2D eigenvalue weighted by Gasteiger charge is -2.07. The molecule has 2 aromatic rings. The minimum atomic E-state index is 0.830. The van der Waals surface area contributed by atoms with E-state index in [1.165, 1.54) is 34.8 Å². The first kappa shape index (κ1) is 10.2. The van der Waals surface area contributed by atoms with E-state index in [1.54, 1.807) is 0 Å². The Balaban J connectivity index is 1.93. The fourth-order valence-electron chi connectivity index (χ4n) is 2.30. The molecule has 0 N–H and O–H groups in total. The van der Waals surface area contributed by atoms with Crippen molar-refractivity contribution in [2.75, 3.05) is 11.5 Å². The maximum atomic E-state index is 4.55. The first-order valence-corrected chi connectivity index (χ1v) is 6.99. The third kappa shape index (κ3) is 1.84. The van der Waals surface area contributed by atoms with E-state index in [2.05, 4.69) is 46.4 Å². The monoisotopic (exact) mass is 232 g/mol. The number of hydrogen-bond acceptors (Lipinski definition) is 2. The van der Waals surface area contributed by atoms with Gasteiger partial charge in [0.1, 0.15) is 5.82 Å². The summed E-state index contributed by atoms with van der Waals surface area (Å²) in [5, 5.41) is 0. The van der Waals surface area contributed by atoms with Crippen LogP contribution in [-0.4, -0.2) is 20.9 Å². The van der Waals surface area contributed by atoms with Crippen molar-refractivity contribution in [3.8, 4) is 0 Å². The van der Waals surface area contributed by atoms with E-state index < -0.39 is 0 Å². The van der Waals surface area contributed by atoms with Gasteiger partial charge >= 0.3 is 0 Å². The van der Waals surface area contributed by atoms with Crippen molar-refractivity contribution in [3.63, 3.8) is 0 Å². The predicted octanol–water partition coefficient (Wildman–Crippen LogP) is 2.94. The van der Waals surface area contributed by atoms with Crippen LogP contribution in [0.3, 0.4) is 0 Å². The second kappa shape index (κ2) is 4.13. The molecule has 3 heteroatoms. The zero-order valence-electron chi connectivity index (χ0n) is 9.52. The van der Waals surface area contributed by atoms with Gasteiger partial charge in [-0.25, -0.2) is 4.98 Å². The van der Waals surface area contributed by atoms with Crippen LogP contribution in [0, 0.1) is 12.8 Å². The van der Waals surface area contributed by atoms with Crippen LogP contribution in [0.2, 0.25) is 0 Å². The summed E-state index contributed by atoms with van der Waals surface area (Å²) >= 11 is 2.08. The number of hydrogen-bond donors (Lipinski definition) is 0. The highest BCUT2D eigenvalue weighted by atomic mass is 32.2. The van der Waals surface area contributed by atoms with Crippen molar-refractivity contribution in [3.05, 3.63) is 35.9 Å². The van der Waals surface area contributed by atoms with E-state index in [-0.39, 0.29) is 0 Å². The van der Waals surface area contributed by atoms with E-state index in [0.29, 0.717) is 0 Å². The molecule has 3 rings (SSSR count). The van der Waals surface area contributed by atoms with Crippen LogP contribution in [0.25, 0.3) is 5.52 Å². The molecule has 0 saturated carbocycles. The normalized spacial score (nSPS) is 20.7. The molecule has 1 fully saturated rings. The Morgan fingerprint density at radius 3 is 3.25 bits per heavy atom. The summed E-state index contributed by atoms with van der Waals surface area (Å²) in [4.78, 5) is 4.55. The molecular weight excluding hydrogens is 216 g/mol. The summed E-state index contributed by atoms with van der Waals surface area (Å²) in [6.45, 7) is 2.13. The van der Waals surface area contributed by atoms with Crippen molar-refractivity contribution in [2.45, 2.75) is 19.8 Å². The topological polar surface area (TPSA) is 17.3 Å². The van der Waals surface area contributed by atoms with E-state index >= 15 is 0 Å². The number of fused-ring (bicyclic) bond motifs is 1. The van der Waals surface area contributed by atoms with Gasteiger partial charge in [-0.1, -0.05) is 6.07 Å². The van der Waals surface area contributed by atoms with E-state index in [0.717, 1.165) is 12.3 Å². The van der Waals surface area contributed by atoms with Crippen LogP contribution in [0.15, 0.2) is 24.5 Å². The summed E-state index contributed by atoms with van der Waals surface area (Å²) in [5.74, 6) is 4.69. The second-order valence-electron chi connectivity index (χ2n) is 4.61. The molecular formula is C13H16N2S. The van der Waals surface area contributed by atoms with Gasteiger partial charge in [0.25, 0.3) is 0 Å². The van der Waals surface area contributed by atoms with Crippen molar-refractivity contribution in [1.29, 1.82) is 0 Å². The highest BCUT2D eigenvalue weighted by Gasteiger charge is 2.18. The van der Waals surface area contributed by atoms with E-state index in [1.807, 2.05) is 6.20 Å². The van der Waals surface area contributed by atoms with E-state index in [4.69, 9.17) is 0 Å². The average Bonchev–Trinajstić information content (AvgIpc) is 2.90. The Hall–Kier alpha value is -0.960. The summed E-state index contributed by atoms with van der Waals surface area (Å²) in [6, 6.07) is 4.29. The quantitative estimate of drug-likeness (QED) is 0.792. The standard InChI is InChI=1S/C13H16N2S/c1-10-2-3-12-7-14-13(15(12)8-10)6-11-4-5-16-9-11/h2-3,7-8,11H,4-6,9H2,1H3. The molecule has 1 saturated heterocycles. The lowest BCUT2D eigenvalue weighted by Crippen LogP contribution is -2.06. The van der Waals surface area contributed by atoms with Crippen LogP contribution in [0.1, 0.15) is 17.8 Å². The smallest absolute Gasteiger partial charge is 0.113 e. The maximum absolute atomic E-state index is 4.55. The number of imidazole rings is 1.